The van der Waals surface area contributed by atoms with Crippen LogP contribution in [0.25, 0.3) is 0 Å². The first kappa shape index (κ1) is 13.6. The van der Waals surface area contributed by atoms with E-state index in [-0.39, 0.29) is 11.9 Å². The van der Waals surface area contributed by atoms with Crippen LogP contribution in [0.3, 0.4) is 0 Å². The molecule has 0 saturated carbocycles. The fourth-order valence-corrected chi connectivity index (χ4v) is 3.52. The molecule has 1 aromatic carbocycles. The minimum absolute atomic E-state index is 0.0268. The lowest BCUT2D eigenvalue weighted by Crippen LogP contribution is -2.32. The Labute approximate surface area is 122 Å². The van der Waals surface area contributed by atoms with Crippen molar-refractivity contribution in [1.29, 1.82) is 0 Å². The molecule has 0 spiro atoms. The molecule has 1 unspecified atom stereocenters. The van der Waals surface area contributed by atoms with Crippen molar-refractivity contribution in [3.63, 3.8) is 0 Å². The largest absolute Gasteiger partial charge is 0.485 e. The zero-order chi connectivity index (χ0) is 13.8. The molecule has 0 aliphatic carbocycles. The van der Waals surface area contributed by atoms with Gasteiger partial charge in [0.15, 0.2) is 0 Å². The molecule has 2 aromatic rings. The Bertz CT molecular complexity index is 537. The molecule has 1 saturated heterocycles. The quantitative estimate of drug-likeness (QED) is 0.919. The predicted octanol–water partition coefficient (Wildman–Crippen LogP) is 4.01. The topological polar surface area (TPSA) is 21.3 Å². The van der Waals surface area contributed by atoms with Crippen molar-refractivity contribution in [2.45, 2.75) is 18.9 Å². The average molecular weight is 291 g/mol. The Morgan fingerprint density at radius 2 is 2.05 bits per heavy atom. The molecule has 20 heavy (non-hydrogen) atoms. The number of ether oxygens (including phenoxy) is 1. The minimum Gasteiger partial charge on any atom is -0.485 e. The third kappa shape index (κ3) is 3.19. The highest BCUT2D eigenvalue weighted by Crippen LogP contribution is 2.35. The van der Waals surface area contributed by atoms with E-state index in [1.54, 1.807) is 17.4 Å². The Hall–Kier alpha value is -1.39. The van der Waals surface area contributed by atoms with Crippen LogP contribution in [0.5, 0.6) is 5.75 Å². The normalized spacial score (nSPS) is 17.9. The zero-order valence-electron chi connectivity index (χ0n) is 11.2. The van der Waals surface area contributed by atoms with Crippen LogP contribution in [-0.4, -0.2) is 13.1 Å². The van der Waals surface area contributed by atoms with Crippen molar-refractivity contribution in [2.75, 3.05) is 13.1 Å². The van der Waals surface area contributed by atoms with Crippen molar-refractivity contribution in [3.8, 4) is 5.75 Å². The molecule has 0 amide bonds. The van der Waals surface area contributed by atoms with Gasteiger partial charge in [-0.3, -0.25) is 0 Å². The van der Waals surface area contributed by atoms with Gasteiger partial charge >= 0.3 is 0 Å². The molecule has 1 aliphatic heterocycles. The number of hydrogen-bond donors (Lipinski definition) is 1. The zero-order valence-corrected chi connectivity index (χ0v) is 12.0. The first-order valence-electron chi connectivity index (χ1n) is 6.99. The summed E-state index contributed by atoms with van der Waals surface area (Å²) in [6, 6.07) is 10.6. The molecule has 1 N–H and O–H groups in total. The van der Waals surface area contributed by atoms with Crippen LogP contribution < -0.4 is 10.1 Å². The molecule has 2 heterocycles. The Morgan fingerprint density at radius 1 is 1.20 bits per heavy atom. The highest BCUT2D eigenvalue weighted by molar-refractivity contribution is 7.10. The Kier molecular flexibility index (Phi) is 4.33. The molecular weight excluding hydrogens is 273 g/mol. The van der Waals surface area contributed by atoms with Gasteiger partial charge in [0.25, 0.3) is 0 Å². The van der Waals surface area contributed by atoms with E-state index in [1.165, 1.54) is 17.0 Å². The van der Waals surface area contributed by atoms with Crippen molar-refractivity contribution in [3.05, 3.63) is 52.5 Å². The molecule has 0 bridgehead atoms. The molecule has 1 aromatic heterocycles. The van der Waals surface area contributed by atoms with Crippen molar-refractivity contribution >= 4 is 11.3 Å². The van der Waals surface area contributed by atoms with Crippen molar-refractivity contribution < 1.29 is 9.13 Å². The summed E-state index contributed by atoms with van der Waals surface area (Å²) in [5, 5.41) is 5.44. The second kappa shape index (κ2) is 6.37. The number of halogens is 1. The maximum absolute atomic E-state index is 13.3. The van der Waals surface area contributed by atoms with Crippen LogP contribution in [0.2, 0.25) is 0 Å². The van der Waals surface area contributed by atoms with Crippen molar-refractivity contribution in [1.82, 2.24) is 5.32 Å². The molecule has 1 aliphatic rings. The van der Waals surface area contributed by atoms with Gasteiger partial charge in [-0.2, -0.15) is 0 Å². The molecule has 3 rings (SSSR count). The van der Waals surface area contributed by atoms with Gasteiger partial charge in [-0.1, -0.05) is 12.1 Å². The van der Waals surface area contributed by atoms with Gasteiger partial charge in [-0.05, 0) is 49.5 Å². The van der Waals surface area contributed by atoms with Gasteiger partial charge in [0.1, 0.15) is 17.7 Å². The Morgan fingerprint density at radius 3 is 2.75 bits per heavy atom. The standard InChI is InChI=1S/C16H18FNOS/c17-13-3-1-4-14(11-13)19-16(15-5-2-10-20-15)12-6-8-18-9-7-12/h1-5,10-12,16,18H,6-9H2. The number of benzene rings is 1. The molecule has 1 atom stereocenters. The van der Waals surface area contributed by atoms with Gasteiger partial charge in [0.2, 0.25) is 0 Å². The van der Waals surface area contributed by atoms with E-state index in [1.807, 2.05) is 12.1 Å². The van der Waals surface area contributed by atoms with Crippen LogP contribution in [-0.2, 0) is 0 Å². The summed E-state index contributed by atoms with van der Waals surface area (Å²) in [5.41, 5.74) is 0. The van der Waals surface area contributed by atoms with Gasteiger partial charge < -0.3 is 10.1 Å². The monoisotopic (exact) mass is 291 g/mol. The molecule has 1 fully saturated rings. The number of rotatable bonds is 4. The predicted molar refractivity (Wildman–Crippen MR) is 79.7 cm³/mol. The SMILES string of the molecule is Fc1cccc(OC(c2cccs2)C2CCNCC2)c1. The second-order valence-corrected chi connectivity index (χ2v) is 6.08. The summed E-state index contributed by atoms with van der Waals surface area (Å²) in [5.74, 6) is 0.845. The van der Waals surface area contributed by atoms with E-state index in [0.29, 0.717) is 11.7 Å². The smallest absolute Gasteiger partial charge is 0.136 e. The fourth-order valence-electron chi connectivity index (χ4n) is 2.67. The Balaban J connectivity index is 1.82. The minimum atomic E-state index is -0.252. The van der Waals surface area contributed by atoms with Crippen LogP contribution in [0, 0.1) is 11.7 Å². The molecule has 0 radical (unpaired) electrons. The fraction of sp³-hybridized carbons (Fsp3) is 0.375. The molecule has 106 valence electrons. The van der Waals surface area contributed by atoms with Crippen molar-refractivity contribution in [2.24, 2.45) is 5.92 Å². The molecule has 4 heteroatoms. The summed E-state index contributed by atoms with van der Waals surface area (Å²) in [6.07, 6.45) is 2.22. The summed E-state index contributed by atoms with van der Waals surface area (Å²) in [4.78, 5) is 1.22. The molecular formula is C16H18FNOS. The third-order valence-electron chi connectivity index (χ3n) is 3.69. The number of nitrogens with one attached hydrogen (secondary N) is 1. The lowest BCUT2D eigenvalue weighted by Gasteiger charge is -2.30. The van der Waals surface area contributed by atoms with Gasteiger partial charge in [0.05, 0.1) is 0 Å². The van der Waals surface area contributed by atoms with Gasteiger partial charge in [-0.15, -0.1) is 11.3 Å². The van der Waals surface area contributed by atoms with E-state index in [9.17, 15) is 4.39 Å². The van der Waals surface area contributed by atoms with Gasteiger partial charge in [0, 0.05) is 16.9 Å². The number of thiophene rings is 1. The third-order valence-corrected chi connectivity index (χ3v) is 4.63. The van der Waals surface area contributed by atoms with Crippen LogP contribution in [0.15, 0.2) is 41.8 Å². The van der Waals surface area contributed by atoms with E-state index < -0.39 is 0 Å². The first-order chi connectivity index (χ1) is 9.83. The lowest BCUT2D eigenvalue weighted by molar-refractivity contribution is 0.115. The summed E-state index contributed by atoms with van der Waals surface area (Å²) in [7, 11) is 0. The van der Waals surface area contributed by atoms with Crippen LogP contribution in [0.4, 0.5) is 4.39 Å². The lowest BCUT2D eigenvalue weighted by atomic mass is 9.91. The number of hydrogen-bond acceptors (Lipinski definition) is 3. The summed E-state index contributed by atoms with van der Waals surface area (Å²) in [6.45, 7) is 2.05. The van der Waals surface area contributed by atoms with E-state index >= 15 is 0 Å². The maximum Gasteiger partial charge on any atom is 0.136 e. The van der Waals surface area contributed by atoms with Gasteiger partial charge in [-0.25, -0.2) is 4.39 Å². The maximum atomic E-state index is 13.3. The van der Waals surface area contributed by atoms with E-state index in [2.05, 4.69) is 16.8 Å². The van der Waals surface area contributed by atoms with Crippen LogP contribution in [0.1, 0.15) is 23.8 Å². The first-order valence-corrected chi connectivity index (χ1v) is 7.87. The highest BCUT2D eigenvalue weighted by atomic mass is 32.1. The average Bonchev–Trinajstić information content (AvgIpc) is 3.00. The number of piperidine rings is 1. The van der Waals surface area contributed by atoms with Crippen LogP contribution >= 0.6 is 11.3 Å². The molecule has 2 nitrogen and oxygen atoms in total. The summed E-state index contributed by atoms with van der Waals surface area (Å²) >= 11 is 1.71. The summed E-state index contributed by atoms with van der Waals surface area (Å²) < 4.78 is 19.4. The van der Waals surface area contributed by atoms with E-state index in [4.69, 9.17) is 4.74 Å². The van der Waals surface area contributed by atoms with E-state index in [0.717, 1.165) is 25.9 Å². The highest BCUT2D eigenvalue weighted by Gasteiger charge is 2.27. The second-order valence-electron chi connectivity index (χ2n) is 5.10.